The molecule has 1 N–H and O–H groups in total. The van der Waals surface area contributed by atoms with Gasteiger partial charge in [-0.15, -0.1) is 0 Å². The molecule has 0 bridgehead atoms. The number of esters is 1. The molecule has 1 amide bonds. The maximum atomic E-state index is 12.2. The zero-order chi connectivity index (χ0) is 19.1. The molecule has 6 heteroatoms. The molecule has 0 spiro atoms. The van der Waals surface area contributed by atoms with E-state index in [1.165, 1.54) is 6.92 Å². The van der Waals surface area contributed by atoms with Crippen molar-refractivity contribution in [3.05, 3.63) is 59.2 Å². The van der Waals surface area contributed by atoms with Crippen LogP contribution in [0.1, 0.15) is 28.4 Å². The number of ether oxygens (including phenoxy) is 2. The molecule has 2 aromatic rings. The van der Waals surface area contributed by atoms with Crippen LogP contribution in [0.5, 0.6) is 5.75 Å². The fourth-order valence-corrected chi connectivity index (χ4v) is 2.26. The second-order valence-electron chi connectivity index (χ2n) is 5.92. The van der Waals surface area contributed by atoms with E-state index >= 15 is 0 Å². The van der Waals surface area contributed by atoms with Crippen LogP contribution in [-0.2, 0) is 14.3 Å². The third-order valence-electron chi connectivity index (χ3n) is 3.69. The number of aryl methyl sites for hydroxylation is 2. The van der Waals surface area contributed by atoms with Gasteiger partial charge in [-0.25, -0.2) is 4.79 Å². The number of hydrogen-bond acceptors (Lipinski definition) is 5. The molecular formula is C20H21NO5. The molecule has 0 saturated heterocycles. The van der Waals surface area contributed by atoms with Crippen LogP contribution in [0.4, 0.5) is 5.69 Å². The minimum absolute atomic E-state index is 0.332. The Hall–Kier alpha value is -3.15. The summed E-state index contributed by atoms with van der Waals surface area (Å²) in [5.74, 6) is -0.645. The van der Waals surface area contributed by atoms with E-state index in [0.29, 0.717) is 23.3 Å². The van der Waals surface area contributed by atoms with Crippen molar-refractivity contribution in [2.75, 3.05) is 11.9 Å². The molecule has 6 nitrogen and oxygen atoms in total. The normalized spacial score (nSPS) is 11.3. The minimum atomic E-state index is -0.954. The lowest BCUT2D eigenvalue weighted by Gasteiger charge is -2.15. The Morgan fingerprint density at radius 1 is 1.12 bits per heavy atom. The highest BCUT2D eigenvalue weighted by Crippen LogP contribution is 2.16. The number of amides is 1. The maximum absolute atomic E-state index is 12.2. The average molecular weight is 355 g/mol. The standard InChI is InChI=1S/C20H21NO5/c1-13-4-9-18(14(2)10-13)21-20(24)15(3)26-19(23)12-25-17-7-5-16(11-22)6-8-17/h4-11,15H,12H2,1-3H3,(H,21,24)/t15-/m0/s1. The monoisotopic (exact) mass is 355 g/mol. The van der Waals surface area contributed by atoms with Crippen molar-refractivity contribution in [1.29, 1.82) is 0 Å². The van der Waals surface area contributed by atoms with Gasteiger partial charge in [-0.3, -0.25) is 9.59 Å². The first kappa shape index (κ1) is 19.2. The van der Waals surface area contributed by atoms with E-state index in [0.717, 1.165) is 11.1 Å². The fourth-order valence-electron chi connectivity index (χ4n) is 2.26. The van der Waals surface area contributed by atoms with Gasteiger partial charge in [-0.2, -0.15) is 0 Å². The van der Waals surface area contributed by atoms with Gasteiger partial charge in [-0.05, 0) is 56.7 Å². The zero-order valence-corrected chi connectivity index (χ0v) is 14.9. The Labute approximate surface area is 152 Å². The highest BCUT2D eigenvalue weighted by atomic mass is 16.6. The van der Waals surface area contributed by atoms with Crippen molar-refractivity contribution in [3.8, 4) is 5.75 Å². The fraction of sp³-hybridized carbons (Fsp3) is 0.250. The Morgan fingerprint density at radius 3 is 2.42 bits per heavy atom. The summed E-state index contributed by atoms with van der Waals surface area (Å²) in [7, 11) is 0. The van der Waals surface area contributed by atoms with E-state index in [1.807, 2.05) is 32.0 Å². The van der Waals surface area contributed by atoms with Crippen molar-refractivity contribution in [2.24, 2.45) is 0 Å². The Balaban J connectivity index is 1.83. The molecule has 0 aliphatic carbocycles. The highest BCUT2D eigenvalue weighted by molar-refractivity contribution is 5.95. The van der Waals surface area contributed by atoms with Gasteiger partial charge in [0.25, 0.3) is 5.91 Å². The summed E-state index contributed by atoms with van der Waals surface area (Å²) >= 11 is 0. The number of anilines is 1. The molecule has 0 radical (unpaired) electrons. The summed E-state index contributed by atoms with van der Waals surface area (Å²) in [6.45, 7) is 5.02. The number of carbonyl (C=O) groups excluding carboxylic acids is 3. The number of aldehydes is 1. The van der Waals surface area contributed by atoms with Crippen LogP contribution < -0.4 is 10.1 Å². The summed E-state index contributed by atoms with van der Waals surface area (Å²) in [4.78, 5) is 34.6. The molecule has 0 aromatic heterocycles. The quantitative estimate of drug-likeness (QED) is 0.610. The number of nitrogens with one attached hydrogen (secondary N) is 1. The van der Waals surface area contributed by atoms with Crippen LogP contribution in [0.15, 0.2) is 42.5 Å². The molecule has 1 atom stereocenters. The molecule has 2 aromatic carbocycles. The number of rotatable bonds is 7. The van der Waals surface area contributed by atoms with Gasteiger partial charge in [0.05, 0.1) is 0 Å². The largest absolute Gasteiger partial charge is 0.482 e. The van der Waals surface area contributed by atoms with E-state index < -0.39 is 18.0 Å². The minimum Gasteiger partial charge on any atom is -0.482 e. The van der Waals surface area contributed by atoms with Crippen molar-refractivity contribution in [1.82, 2.24) is 0 Å². The predicted octanol–water partition coefficient (Wildman–Crippen LogP) is 3.07. The third-order valence-corrected chi connectivity index (χ3v) is 3.69. The number of carbonyl (C=O) groups is 3. The molecule has 136 valence electrons. The van der Waals surface area contributed by atoms with Gasteiger partial charge in [-0.1, -0.05) is 17.7 Å². The molecule has 0 fully saturated rings. The van der Waals surface area contributed by atoms with Crippen molar-refractivity contribution in [3.63, 3.8) is 0 Å². The first-order chi connectivity index (χ1) is 12.4. The van der Waals surface area contributed by atoms with Crippen molar-refractivity contribution in [2.45, 2.75) is 26.9 Å². The Kier molecular flexibility index (Phi) is 6.49. The van der Waals surface area contributed by atoms with Crippen LogP contribution in [0, 0.1) is 13.8 Å². The summed E-state index contributed by atoms with van der Waals surface area (Å²) in [5, 5.41) is 2.74. The second-order valence-corrected chi connectivity index (χ2v) is 5.92. The van der Waals surface area contributed by atoms with Crippen LogP contribution in [0.25, 0.3) is 0 Å². The van der Waals surface area contributed by atoms with E-state index in [2.05, 4.69) is 5.32 Å². The maximum Gasteiger partial charge on any atom is 0.344 e. The van der Waals surface area contributed by atoms with Crippen LogP contribution >= 0.6 is 0 Å². The van der Waals surface area contributed by atoms with Gasteiger partial charge in [0.2, 0.25) is 0 Å². The Bertz CT molecular complexity index is 798. The zero-order valence-electron chi connectivity index (χ0n) is 14.9. The van der Waals surface area contributed by atoms with E-state index in [1.54, 1.807) is 24.3 Å². The smallest absolute Gasteiger partial charge is 0.344 e. The van der Waals surface area contributed by atoms with Crippen molar-refractivity contribution >= 4 is 23.9 Å². The molecule has 2 rings (SSSR count). The topological polar surface area (TPSA) is 81.7 Å². The molecule has 0 heterocycles. The van der Waals surface area contributed by atoms with Gasteiger partial charge in [0.15, 0.2) is 12.7 Å². The predicted molar refractivity (Wildman–Crippen MR) is 97.4 cm³/mol. The SMILES string of the molecule is Cc1ccc(NC(=O)[C@H](C)OC(=O)COc2ccc(C=O)cc2)c(C)c1. The van der Waals surface area contributed by atoms with Gasteiger partial charge < -0.3 is 14.8 Å². The third kappa shape index (κ3) is 5.44. The molecule has 0 aliphatic rings. The lowest BCUT2D eigenvalue weighted by atomic mass is 10.1. The Morgan fingerprint density at radius 2 is 1.81 bits per heavy atom. The molecule has 0 unspecified atom stereocenters. The molecule has 26 heavy (non-hydrogen) atoms. The first-order valence-corrected chi connectivity index (χ1v) is 8.14. The van der Waals surface area contributed by atoms with Gasteiger partial charge in [0.1, 0.15) is 12.0 Å². The van der Waals surface area contributed by atoms with E-state index in [-0.39, 0.29) is 6.61 Å². The van der Waals surface area contributed by atoms with Gasteiger partial charge in [0, 0.05) is 11.3 Å². The van der Waals surface area contributed by atoms with Crippen LogP contribution in [-0.4, -0.2) is 30.9 Å². The molecule has 0 saturated carbocycles. The lowest BCUT2D eigenvalue weighted by molar-refractivity contribution is -0.155. The number of hydrogen-bond donors (Lipinski definition) is 1. The lowest BCUT2D eigenvalue weighted by Crippen LogP contribution is -2.31. The van der Waals surface area contributed by atoms with Crippen molar-refractivity contribution < 1.29 is 23.9 Å². The second kappa shape index (κ2) is 8.80. The highest BCUT2D eigenvalue weighted by Gasteiger charge is 2.19. The summed E-state index contributed by atoms with van der Waals surface area (Å²) in [5.41, 5.74) is 3.21. The van der Waals surface area contributed by atoms with E-state index in [9.17, 15) is 14.4 Å². The summed E-state index contributed by atoms with van der Waals surface area (Å²) in [6.07, 6.45) is -0.238. The summed E-state index contributed by atoms with van der Waals surface area (Å²) in [6, 6.07) is 12.0. The first-order valence-electron chi connectivity index (χ1n) is 8.14. The molecular weight excluding hydrogens is 334 g/mol. The van der Waals surface area contributed by atoms with Crippen LogP contribution in [0.3, 0.4) is 0 Å². The molecule has 0 aliphatic heterocycles. The van der Waals surface area contributed by atoms with Gasteiger partial charge >= 0.3 is 5.97 Å². The van der Waals surface area contributed by atoms with E-state index in [4.69, 9.17) is 9.47 Å². The number of benzene rings is 2. The van der Waals surface area contributed by atoms with Crippen LogP contribution in [0.2, 0.25) is 0 Å². The average Bonchev–Trinajstić information content (AvgIpc) is 2.62. The summed E-state index contributed by atoms with van der Waals surface area (Å²) < 4.78 is 10.4.